The van der Waals surface area contributed by atoms with Gasteiger partial charge in [-0.2, -0.15) is 0 Å². The second-order valence-electron chi connectivity index (χ2n) is 6.01. The lowest BCUT2D eigenvalue weighted by Gasteiger charge is -2.37. The monoisotopic (exact) mass is 260 g/mol. The molecule has 104 valence electrons. The van der Waals surface area contributed by atoms with Crippen LogP contribution < -0.4 is 5.73 Å². The Morgan fingerprint density at radius 3 is 3.11 bits per heavy atom. The summed E-state index contributed by atoms with van der Waals surface area (Å²) in [6.45, 7) is 2.91. The largest absolute Gasteiger partial charge is 0.378 e. The van der Waals surface area contributed by atoms with E-state index in [1.165, 1.54) is 30.5 Å². The number of aromatic nitrogens is 1. The minimum atomic E-state index is 0.267. The lowest BCUT2D eigenvalue weighted by Crippen LogP contribution is -2.38. The average molecular weight is 260 g/mol. The summed E-state index contributed by atoms with van der Waals surface area (Å²) in [6.07, 6.45) is 8.24. The highest BCUT2D eigenvalue weighted by molar-refractivity contribution is 5.29. The van der Waals surface area contributed by atoms with Gasteiger partial charge < -0.3 is 10.5 Å². The molecule has 0 bridgehead atoms. The Labute approximate surface area is 115 Å². The van der Waals surface area contributed by atoms with Crippen molar-refractivity contribution in [3.8, 4) is 0 Å². The number of hydrogen-bond donors (Lipinski definition) is 1. The zero-order valence-electron chi connectivity index (χ0n) is 11.7. The van der Waals surface area contributed by atoms with Gasteiger partial charge in [0.1, 0.15) is 0 Å². The van der Waals surface area contributed by atoms with Gasteiger partial charge in [-0.3, -0.25) is 4.98 Å². The van der Waals surface area contributed by atoms with Crippen LogP contribution >= 0.6 is 0 Å². The van der Waals surface area contributed by atoms with Gasteiger partial charge in [-0.15, -0.1) is 0 Å². The van der Waals surface area contributed by atoms with Gasteiger partial charge in [0, 0.05) is 30.5 Å². The third-order valence-electron chi connectivity index (χ3n) is 4.72. The number of pyridine rings is 1. The molecule has 1 heterocycles. The van der Waals surface area contributed by atoms with Gasteiger partial charge in [0.15, 0.2) is 0 Å². The first kappa shape index (κ1) is 13.1. The highest BCUT2D eigenvalue weighted by atomic mass is 16.5. The Bertz CT molecular complexity index is 429. The third-order valence-corrected chi connectivity index (χ3v) is 4.72. The van der Waals surface area contributed by atoms with Crippen molar-refractivity contribution in [2.24, 2.45) is 11.7 Å². The van der Waals surface area contributed by atoms with Crippen molar-refractivity contribution in [3.63, 3.8) is 0 Å². The van der Waals surface area contributed by atoms with Crippen LogP contribution in [0.5, 0.6) is 0 Å². The normalized spacial score (nSPS) is 30.7. The first-order valence-electron chi connectivity index (χ1n) is 7.59. The highest BCUT2D eigenvalue weighted by Crippen LogP contribution is 2.39. The Kier molecular flexibility index (Phi) is 3.85. The van der Waals surface area contributed by atoms with Crippen LogP contribution in [-0.2, 0) is 11.2 Å². The molecule has 2 aliphatic rings. The fourth-order valence-electron chi connectivity index (χ4n) is 3.65. The molecule has 2 atom stereocenters. The van der Waals surface area contributed by atoms with Gasteiger partial charge in [0.2, 0.25) is 0 Å². The van der Waals surface area contributed by atoms with E-state index < -0.39 is 0 Å². The molecule has 2 aliphatic carbocycles. The first-order chi connectivity index (χ1) is 9.28. The summed E-state index contributed by atoms with van der Waals surface area (Å²) >= 11 is 0. The van der Waals surface area contributed by atoms with Gasteiger partial charge in [-0.1, -0.05) is 6.07 Å². The molecule has 1 saturated carbocycles. The number of nitrogens with two attached hydrogens (primary N) is 1. The van der Waals surface area contributed by atoms with E-state index in [2.05, 4.69) is 18.0 Å². The summed E-state index contributed by atoms with van der Waals surface area (Å²) in [4.78, 5) is 4.55. The van der Waals surface area contributed by atoms with Crippen molar-refractivity contribution < 1.29 is 4.74 Å². The molecule has 3 heteroatoms. The zero-order valence-corrected chi connectivity index (χ0v) is 11.7. The molecule has 2 N–H and O–H groups in total. The van der Waals surface area contributed by atoms with Gasteiger partial charge in [-0.05, 0) is 56.6 Å². The molecule has 0 amide bonds. The van der Waals surface area contributed by atoms with Gasteiger partial charge >= 0.3 is 0 Å². The quantitative estimate of drug-likeness (QED) is 0.885. The minimum absolute atomic E-state index is 0.267. The summed E-state index contributed by atoms with van der Waals surface area (Å²) in [6, 6.07) is 4.50. The summed E-state index contributed by atoms with van der Waals surface area (Å²) in [5.74, 6) is 1.24. The van der Waals surface area contributed by atoms with E-state index in [1.54, 1.807) is 0 Å². The topological polar surface area (TPSA) is 48.1 Å². The highest BCUT2D eigenvalue weighted by Gasteiger charge is 2.35. The molecular weight excluding hydrogens is 236 g/mol. The summed E-state index contributed by atoms with van der Waals surface area (Å²) in [5, 5.41) is 0. The van der Waals surface area contributed by atoms with Crippen LogP contribution in [0.3, 0.4) is 0 Å². The molecule has 3 rings (SSSR count). The Balaban J connectivity index is 1.54. The maximum Gasteiger partial charge on any atom is 0.0580 e. The number of fused-ring (bicyclic) bond motifs is 1. The van der Waals surface area contributed by atoms with E-state index >= 15 is 0 Å². The van der Waals surface area contributed by atoms with Crippen LogP contribution in [0.2, 0.25) is 0 Å². The molecule has 1 aromatic heterocycles. The van der Waals surface area contributed by atoms with Gasteiger partial charge in [-0.25, -0.2) is 0 Å². The fourth-order valence-corrected chi connectivity index (χ4v) is 3.65. The van der Waals surface area contributed by atoms with E-state index in [-0.39, 0.29) is 6.04 Å². The number of ether oxygens (including phenoxy) is 1. The summed E-state index contributed by atoms with van der Waals surface area (Å²) in [5.41, 5.74) is 9.11. The van der Waals surface area contributed by atoms with E-state index in [1.807, 2.05) is 12.3 Å². The smallest absolute Gasteiger partial charge is 0.0580 e. The molecule has 1 fully saturated rings. The lowest BCUT2D eigenvalue weighted by atomic mass is 9.76. The third kappa shape index (κ3) is 2.67. The van der Waals surface area contributed by atoms with Crippen molar-refractivity contribution in [2.75, 3.05) is 6.61 Å². The van der Waals surface area contributed by atoms with Crippen LogP contribution in [0.15, 0.2) is 18.3 Å². The van der Waals surface area contributed by atoms with Crippen LogP contribution in [-0.4, -0.2) is 23.7 Å². The molecule has 0 saturated heterocycles. The molecule has 0 aromatic carbocycles. The number of aryl methyl sites for hydroxylation is 1. The van der Waals surface area contributed by atoms with Crippen LogP contribution in [0.25, 0.3) is 0 Å². The minimum Gasteiger partial charge on any atom is -0.378 e. The number of rotatable bonds is 5. The second-order valence-corrected chi connectivity index (χ2v) is 6.01. The molecule has 0 aliphatic heterocycles. The lowest BCUT2D eigenvalue weighted by molar-refractivity contribution is -0.0287. The second kappa shape index (κ2) is 5.59. The molecule has 1 aromatic rings. The fraction of sp³-hybridized carbons (Fsp3) is 0.688. The average Bonchev–Trinajstić information content (AvgIpc) is 2.80. The maximum atomic E-state index is 6.44. The van der Waals surface area contributed by atoms with Crippen LogP contribution in [0, 0.1) is 5.92 Å². The van der Waals surface area contributed by atoms with E-state index in [9.17, 15) is 0 Å². The Hall–Kier alpha value is -0.930. The molecule has 2 unspecified atom stereocenters. The van der Waals surface area contributed by atoms with Crippen molar-refractivity contribution in [1.29, 1.82) is 0 Å². The standard InChI is InChI=1S/C16H24N2O/c1-2-19-13-8-11(9-13)10-15(17)14-6-5-12-4-3-7-18-16(12)14/h3-4,7,11,13-15H,2,5-6,8-10,17H2,1H3. The molecule has 0 spiro atoms. The van der Waals surface area contributed by atoms with E-state index in [0.29, 0.717) is 12.0 Å². The van der Waals surface area contributed by atoms with Gasteiger partial charge in [0.25, 0.3) is 0 Å². The van der Waals surface area contributed by atoms with Crippen LogP contribution in [0.1, 0.15) is 49.8 Å². The van der Waals surface area contributed by atoms with E-state index in [4.69, 9.17) is 10.5 Å². The van der Waals surface area contributed by atoms with Crippen molar-refractivity contribution in [2.45, 2.75) is 57.1 Å². The number of hydrogen-bond acceptors (Lipinski definition) is 3. The molecule has 19 heavy (non-hydrogen) atoms. The molecular formula is C16H24N2O. The SMILES string of the molecule is CCOC1CC(CC(N)C2CCc3cccnc32)C1. The van der Waals surface area contributed by atoms with E-state index in [0.717, 1.165) is 25.4 Å². The predicted molar refractivity (Wildman–Crippen MR) is 76.0 cm³/mol. The number of nitrogens with zero attached hydrogens (tertiary/aromatic N) is 1. The van der Waals surface area contributed by atoms with Crippen molar-refractivity contribution >= 4 is 0 Å². The molecule has 3 nitrogen and oxygen atoms in total. The van der Waals surface area contributed by atoms with Crippen molar-refractivity contribution in [1.82, 2.24) is 4.98 Å². The molecule has 0 radical (unpaired) electrons. The summed E-state index contributed by atoms with van der Waals surface area (Å²) in [7, 11) is 0. The Morgan fingerprint density at radius 2 is 2.32 bits per heavy atom. The van der Waals surface area contributed by atoms with Crippen molar-refractivity contribution in [3.05, 3.63) is 29.6 Å². The van der Waals surface area contributed by atoms with Crippen LogP contribution in [0.4, 0.5) is 0 Å². The zero-order chi connectivity index (χ0) is 13.2. The Morgan fingerprint density at radius 1 is 1.47 bits per heavy atom. The maximum absolute atomic E-state index is 6.44. The first-order valence-corrected chi connectivity index (χ1v) is 7.59. The summed E-state index contributed by atoms with van der Waals surface area (Å²) < 4.78 is 5.62. The predicted octanol–water partition coefficient (Wildman–Crippen LogP) is 2.64. The van der Waals surface area contributed by atoms with Gasteiger partial charge in [0.05, 0.1) is 6.10 Å².